The minimum atomic E-state index is -0.588. The Morgan fingerprint density at radius 3 is 2.50 bits per heavy atom. The average molecular weight is 763 g/mol. The molecule has 0 unspecified atom stereocenters. The van der Waals surface area contributed by atoms with Crippen LogP contribution in [-0.4, -0.2) is 88.6 Å². The molecular weight excluding hydrogens is 709 g/mol. The van der Waals surface area contributed by atoms with Crippen LogP contribution in [0, 0.1) is 0 Å². The van der Waals surface area contributed by atoms with E-state index in [-0.39, 0.29) is 24.0 Å². The number of hydrogen-bond acceptors (Lipinski definition) is 10. The van der Waals surface area contributed by atoms with Crippen molar-refractivity contribution >= 4 is 35.6 Å². The number of anilines is 3. The van der Waals surface area contributed by atoms with Gasteiger partial charge in [-0.15, -0.1) is 15.3 Å². The topological polar surface area (TPSA) is 126 Å². The summed E-state index contributed by atoms with van der Waals surface area (Å²) < 4.78 is 10.4. The van der Waals surface area contributed by atoms with Gasteiger partial charge in [0, 0.05) is 49.9 Å². The van der Waals surface area contributed by atoms with E-state index in [1.54, 1.807) is 10.7 Å². The molecule has 0 radical (unpaired) electrons. The highest BCUT2D eigenvalue weighted by Crippen LogP contribution is 2.40. The van der Waals surface area contributed by atoms with E-state index in [0.717, 1.165) is 77.3 Å². The van der Waals surface area contributed by atoms with E-state index in [9.17, 15) is 9.59 Å². The number of fused-ring (bicyclic) bond motifs is 2. The summed E-state index contributed by atoms with van der Waals surface area (Å²) in [5, 5.41) is 18.1. The number of likely N-dealkylation sites (N-methyl/N-ethyl adjacent to an activating group) is 2. The largest absolute Gasteiger partial charge is 0.484 e. The maximum Gasteiger partial charge on any atom is 0.357 e. The molecule has 3 aromatic heterocycles. The Morgan fingerprint density at radius 1 is 0.946 bits per heavy atom. The normalized spacial score (nSPS) is 18.4. The van der Waals surface area contributed by atoms with Gasteiger partial charge in [0.05, 0.1) is 23.6 Å². The third-order valence-corrected chi connectivity index (χ3v) is 10.8. The molecule has 0 spiro atoms. The lowest BCUT2D eigenvalue weighted by molar-refractivity contribution is -0.129. The molecule has 4 heterocycles. The zero-order chi connectivity index (χ0) is 39.6. The van der Waals surface area contributed by atoms with Crippen molar-refractivity contribution in [1.29, 1.82) is 0 Å². The zero-order valence-electron chi connectivity index (χ0n) is 33.6. The third-order valence-electron chi connectivity index (χ3n) is 10.8. The highest BCUT2D eigenvalue weighted by molar-refractivity contribution is 5.90. The molecule has 5 aromatic rings. The molecule has 1 saturated heterocycles. The van der Waals surface area contributed by atoms with E-state index < -0.39 is 6.03 Å². The number of carbonyl (C=O) groups excluding carboxylic acids is 2. The summed E-state index contributed by atoms with van der Waals surface area (Å²) in [6, 6.07) is 21.1. The monoisotopic (exact) mass is 762 g/mol. The van der Waals surface area contributed by atoms with Crippen LogP contribution < -0.4 is 24.9 Å². The van der Waals surface area contributed by atoms with Gasteiger partial charge in [0.25, 0.3) is 0 Å². The third kappa shape index (κ3) is 8.15. The molecule has 1 N–H and O–H groups in total. The van der Waals surface area contributed by atoms with Gasteiger partial charge in [-0.05, 0) is 94.6 Å². The Morgan fingerprint density at radius 2 is 1.75 bits per heavy atom. The van der Waals surface area contributed by atoms with Crippen LogP contribution in [0.5, 0.6) is 5.75 Å². The van der Waals surface area contributed by atoms with Gasteiger partial charge in [0.1, 0.15) is 11.9 Å². The van der Waals surface area contributed by atoms with Crippen molar-refractivity contribution in [2.75, 3.05) is 55.6 Å². The van der Waals surface area contributed by atoms with Crippen LogP contribution in [0.3, 0.4) is 0 Å². The highest BCUT2D eigenvalue weighted by atomic mass is 16.7. The first-order valence-electron chi connectivity index (χ1n) is 19.6. The molecule has 0 saturated carbocycles. The fourth-order valence-corrected chi connectivity index (χ4v) is 7.58. The molecule has 2 aromatic carbocycles. The Bertz CT molecular complexity index is 2160. The first kappa shape index (κ1) is 38.6. The predicted octanol–water partition coefficient (Wildman–Crippen LogP) is 6.85. The lowest BCUT2D eigenvalue weighted by Gasteiger charge is -2.34. The molecule has 296 valence electrons. The Kier molecular flexibility index (Phi) is 11.2. The maximum absolute atomic E-state index is 14.3. The zero-order valence-corrected chi connectivity index (χ0v) is 33.6. The number of nitrogens with zero attached hydrogens (tertiary/aromatic N) is 9. The van der Waals surface area contributed by atoms with Gasteiger partial charge in [0.2, 0.25) is 5.95 Å². The Hall–Kier alpha value is -5.63. The van der Waals surface area contributed by atoms with E-state index in [4.69, 9.17) is 14.7 Å². The summed E-state index contributed by atoms with van der Waals surface area (Å²) in [6.07, 6.45) is 6.46. The molecule has 1 aliphatic carbocycles. The number of amides is 2. The number of hydrogen-bond donors (Lipinski definition) is 1. The van der Waals surface area contributed by atoms with Crippen molar-refractivity contribution in [2.45, 2.75) is 83.4 Å². The second-order valence-electron chi connectivity index (χ2n) is 16.2. The number of carbonyl (C=O) groups is 2. The first-order valence-corrected chi connectivity index (χ1v) is 19.6. The molecule has 56 heavy (non-hydrogen) atoms. The van der Waals surface area contributed by atoms with Crippen LogP contribution in [0.25, 0.3) is 11.3 Å². The lowest BCUT2D eigenvalue weighted by Crippen LogP contribution is -2.43. The summed E-state index contributed by atoms with van der Waals surface area (Å²) in [6.45, 7) is 11.3. The van der Waals surface area contributed by atoms with Gasteiger partial charge in [-0.1, -0.05) is 51.1 Å². The van der Waals surface area contributed by atoms with Crippen molar-refractivity contribution in [3.05, 3.63) is 89.7 Å². The SMILES string of the molecule is C[C@H]1CCCCN1c1nnc2ccc(O[C@@H]3CC[C@H](NC(=O)N(OC=O)c4cc(C(C)(C)C)nn4-c4cccc(N(C)CCN(C)C)c4)c4ccccc43)cn12. The minimum absolute atomic E-state index is 0.244. The Balaban J connectivity index is 1.14. The summed E-state index contributed by atoms with van der Waals surface area (Å²) in [4.78, 5) is 38.4. The number of urea groups is 1. The van der Waals surface area contributed by atoms with Gasteiger partial charge in [-0.3, -0.25) is 9.20 Å². The molecule has 0 bridgehead atoms. The second kappa shape index (κ2) is 16.2. The summed E-state index contributed by atoms with van der Waals surface area (Å²) in [7, 11) is 6.14. The quantitative estimate of drug-likeness (QED) is 0.107. The summed E-state index contributed by atoms with van der Waals surface area (Å²) in [5.41, 5.74) is 4.79. The van der Waals surface area contributed by atoms with Crippen LogP contribution in [0.15, 0.2) is 72.9 Å². The fourth-order valence-electron chi connectivity index (χ4n) is 7.58. The standard InChI is InChI=1S/C42H54N10O4/c1-29-13-10-11-22-49(29)40-45-44-38-21-18-32(27-50(38)40)56-36-20-19-35(33-16-8-9-17-34(33)36)43-41(54)52(55-28-53)39-26-37(42(2,3)4)46-51(39)31-15-12-14-30(25-31)48(7)24-23-47(5)6/h8-9,12,14-18,21,25-29,35-36H,10-11,13,19-20,22-24H2,1-7H3,(H,43,54)/t29-,35-,36+/m0/s1. The van der Waals surface area contributed by atoms with Gasteiger partial charge in [0.15, 0.2) is 11.5 Å². The van der Waals surface area contributed by atoms with Crippen molar-refractivity contribution in [2.24, 2.45) is 0 Å². The summed E-state index contributed by atoms with van der Waals surface area (Å²) in [5.74, 6) is 1.86. The molecular formula is C42H54N10O4. The number of aromatic nitrogens is 5. The predicted molar refractivity (Wildman–Crippen MR) is 218 cm³/mol. The van der Waals surface area contributed by atoms with Crippen molar-refractivity contribution in [3.8, 4) is 11.4 Å². The van der Waals surface area contributed by atoms with Crippen LogP contribution in [0.1, 0.15) is 88.8 Å². The van der Waals surface area contributed by atoms with E-state index in [0.29, 0.717) is 30.5 Å². The lowest BCUT2D eigenvalue weighted by atomic mass is 9.85. The van der Waals surface area contributed by atoms with Crippen molar-refractivity contribution in [1.82, 2.24) is 34.6 Å². The molecule has 2 amide bonds. The molecule has 14 heteroatoms. The van der Waals surface area contributed by atoms with Crippen molar-refractivity contribution in [3.63, 3.8) is 0 Å². The molecule has 7 rings (SSSR count). The van der Waals surface area contributed by atoms with Crippen molar-refractivity contribution < 1.29 is 19.2 Å². The van der Waals surface area contributed by atoms with E-state index in [1.165, 1.54) is 6.42 Å². The number of benzene rings is 2. The van der Waals surface area contributed by atoms with E-state index in [2.05, 4.69) is 57.9 Å². The number of rotatable bonds is 12. The molecule has 1 fully saturated rings. The summed E-state index contributed by atoms with van der Waals surface area (Å²) >= 11 is 0. The molecule has 3 atom stereocenters. The van der Waals surface area contributed by atoms with E-state index >= 15 is 0 Å². The average Bonchev–Trinajstić information content (AvgIpc) is 3.82. The van der Waals surface area contributed by atoms with E-state index in [1.807, 2.05) is 92.4 Å². The Labute approximate surface area is 328 Å². The minimum Gasteiger partial charge on any atom is -0.484 e. The fraction of sp³-hybridized carbons (Fsp3) is 0.452. The number of ether oxygens (including phenoxy) is 1. The van der Waals surface area contributed by atoms with Gasteiger partial charge >= 0.3 is 12.5 Å². The van der Waals surface area contributed by atoms with Crippen LogP contribution in [0.4, 0.5) is 22.2 Å². The van der Waals surface area contributed by atoms with Gasteiger partial charge in [-0.25, -0.2) is 9.48 Å². The van der Waals surface area contributed by atoms with Crippen LogP contribution in [-0.2, 0) is 15.0 Å². The molecule has 14 nitrogen and oxygen atoms in total. The number of pyridine rings is 1. The van der Waals surface area contributed by atoms with Crippen LogP contribution in [0.2, 0.25) is 0 Å². The number of piperidine rings is 1. The van der Waals surface area contributed by atoms with Gasteiger partial charge in [-0.2, -0.15) is 5.10 Å². The number of nitrogens with one attached hydrogen (secondary N) is 1. The van der Waals surface area contributed by atoms with Crippen LogP contribution >= 0.6 is 0 Å². The highest BCUT2D eigenvalue weighted by Gasteiger charge is 2.34. The van der Waals surface area contributed by atoms with Gasteiger partial charge < -0.3 is 29.6 Å². The molecule has 2 aliphatic rings. The number of hydroxylamine groups is 1. The smallest absolute Gasteiger partial charge is 0.357 e. The second-order valence-corrected chi connectivity index (χ2v) is 16.2. The first-order chi connectivity index (χ1) is 26.9. The molecule has 1 aliphatic heterocycles. The maximum atomic E-state index is 14.3.